The quantitative estimate of drug-likeness (QED) is 0.601. The molecule has 0 aliphatic heterocycles. The first-order valence-electron chi connectivity index (χ1n) is 4.82. The van der Waals surface area contributed by atoms with E-state index in [0.29, 0.717) is 17.2 Å². The Morgan fingerprint density at radius 2 is 2.12 bits per heavy atom. The van der Waals surface area contributed by atoms with Crippen LogP contribution in [-0.4, -0.2) is 29.1 Å². The monoisotopic (exact) mass is 243 g/mol. The van der Waals surface area contributed by atoms with Crippen LogP contribution in [0.5, 0.6) is 5.88 Å². The average Bonchev–Trinajstić information content (AvgIpc) is 2.25. The summed E-state index contributed by atoms with van der Waals surface area (Å²) in [6, 6.07) is 1.63. The van der Waals surface area contributed by atoms with Crippen LogP contribution in [0.25, 0.3) is 0 Å². The van der Waals surface area contributed by atoms with Gasteiger partial charge < -0.3 is 9.57 Å². The molecule has 1 aromatic rings. The Labute approximate surface area is 99.4 Å². The fourth-order valence-corrected chi connectivity index (χ4v) is 1.15. The summed E-state index contributed by atoms with van der Waals surface area (Å²) in [4.78, 5) is 5.14. The van der Waals surface area contributed by atoms with Crippen LogP contribution in [0.3, 0.4) is 0 Å². The third-order valence-electron chi connectivity index (χ3n) is 1.71. The van der Waals surface area contributed by atoms with E-state index in [4.69, 9.17) is 21.2 Å². The summed E-state index contributed by atoms with van der Waals surface area (Å²) >= 11 is 5.76. The van der Waals surface area contributed by atoms with Gasteiger partial charge in [0.2, 0.25) is 5.88 Å². The highest BCUT2D eigenvalue weighted by molar-refractivity contribution is 6.29. The van der Waals surface area contributed by atoms with Crippen LogP contribution < -0.4 is 4.74 Å². The third kappa shape index (κ3) is 3.34. The fraction of sp³-hybridized carbons (Fsp3) is 0.500. The van der Waals surface area contributed by atoms with Crippen LogP contribution >= 0.6 is 11.6 Å². The summed E-state index contributed by atoms with van der Waals surface area (Å²) in [7, 11) is 1.51. The van der Waals surface area contributed by atoms with Crippen LogP contribution in [0.4, 0.5) is 0 Å². The molecule has 0 radical (unpaired) electrons. The lowest BCUT2D eigenvalue weighted by Gasteiger charge is -2.07. The Balaban J connectivity index is 3.01. The van der Waals surface area contributed by atoms with Crippen molar-refractivity contribution in [2.75, 3.05) is 7.11 Å². The number of nitrogens with zero attached hydrogens (tertiary/aromatic N) is 3. The maximum absolute atomic E-state index is 5.76. The van der Waals surface area contributed by atoms with Crippen LogP contribution in [0.1, 0.15) is 26.3 Å². The smallest absolute Gasteiger partial charge is 0.242 e. The lowest BCUT2D eigenvalue weighted by atomic mass is 10.2. The molecule has 0 aliphatic carbocycles. The molecular weight excluding hydrogens is 230 g/mol. The summed E-state index contributed by atoms with van der Waals surface area (Å²) < 4.78 is 5.06. The molecule has 6 heteroatoms. The number of halogens is 1. The van der Waals surface area contributed by atoms with Gasteiger partial charge in [0, 0.05) is 0 Å². The highest BCUT2D eigenvalue weighted by atomic mass is 35.5. The van der Waals surface area contributed by atoms with E-state index in [2.05, 4.69) is 15.4 Å². The van der Waals surface area contributed by atoms with E-state index in [1.54, 1.807) is 13.0 Å². The Bertz CT molecular complexity index is 394. The standard InChI is InChI=1S/C10H14ClN3O2/c1-6(2)16-14-7(3)8-5-9(11)12-13-10(8)15-4/h5-6H,1-4H3. The third-order valence-corrected chi connectivity index (χ3v) is 1.90. The summed E-state index contributed by atoms with van der Waals surface area (Å²) in [5.41, 5.74) is 1.31. The zero-order valence-corrected chi connectivity index (χ0v) is 10.4. The van der Waals surface area contributed by atoms with Gasteiger partial charge in [-0.3, -0.25) is 0 Å². The fourth-order valence-electron chi connectivity index (χ4n) is 1.00. The van der Waals surface area contributed by atoms with Gasteiger partial charge >= 0.3 is 0 Å². The van der Waals surface area contributed by atoms with Gasteiger partial charge in [-0.15, -0.1) is 10.2 Å². The molecule has 16 heavy (non-hydrogen) atoms. The van der Waals surface area contributed by atoms with E-state index in [-0.39, 0.29) is 11.3 Å². The molecule has 1 heterocycles. The average molecular weight is 244 g/mol. The molecule has 0 aromatic carbocycles. The first-order valence-corrected chi connectivity index (χ1v) is 5.20. The summed E-state index contributed by atoms with van der Waals surface area (Å²) in [6.45, 7) is 5.58. The predicted molar refractivity (Wildman–Crippen MR) is 62.0 cm³/mol. The lowest BCUT2D eigenvalue weighted by molar-refractivity contribution is 0.0859. The minimum absolute atomic E-state index is 0.0196. The summed E-state index contributed by atoms with van der Waals surface area (Å²) in [6.07, 6.45) is 0.0196. The molecule has 0 spiro atoms. The number of ether oxygens (including phenoxy) is 1. The Morgan fingerprint density at radius 1 is 1.44 bits per heavy atom. The minimum atomic E-state index is 0.0196. The highest BCUT2D eigenvalue weighted by Gasteiger charge is 2.10. The van der Waals surface area contributed by atoms with Gasteiger partial charge in [-0.2, -0.15) is 0 Å². The Hall–Kier alpha value is -1.36. The van der Waals surface area contributed by atoms with Gasteiger partial charge in [-0.1, -0.05) is 16.8 Å². The zero-order chi connectivity index (χ0) is 12.1. The van der Waals surface area contributed by atoms with Crippen molar-refractivity contribution >= 4 is 17.3 Å². The number of aromatic nitrogens is 2. The van der Waals surface area contributed by atoms with Crippen molar-refractivity contribution < 1.29 is 9.57 Å². The van der Waals surface area contributed by atoms with Crippen molar-refractivity contribution in [3.05, 3.63) is 16.8 Å². The molecule has 0 fully saturated rings. The van der Waals surface area contributed by atoms with Gasteiger partial charge in [0.25, 0.3) is 0 Å². The predicted octanol–water partition coefficient (Wildman–Crippen LogP) is 2.29. The maximum atomic E-state index is 5.76. The van der Waals surface area contributed by atoms with Crippen LogP contribution in [-0.2, 0) is 4.84 Å². The minimum Gasteiger partial charge on any atom is -0.479 e. The molecule has 1 rings (SSSR count). The topological polar surface area (TPSA) is 56.6 Å². The number of hydrogen-bond acceptors (Lipinski definition) is 5. The van der Waals surface area contributed by atoms with Crippen LogP contribution in [0, 0.1) is 0 Å². The number of oxime groups is 1. The molecule has 0 amide bonds. The first-order chi connectivity index (χ1) is 7.54. The largest absolute Gasteiger partial charge is 0.479 e. The molecule has 5 nitrogen and oxygen atoms in total. The van der Waals surface area contributed by atoms with Crippen LogP contribution in [0.2, 0.25) is 5.15 Å². The Kier molecular flexibility index (Phi) is 4.49. The first kappa shape index (κ1) is 12.7. The van der Waals surface area contributed by atoms with Crippen molar-refractivity contribution in [1.29, 1.82) is 0 Å². The van der Waals surface area contributed by atoms with Gasteiger partial charge in [-0.05, 0) is 26.8 Å². The second-order valence-electron chi connectivity index (χ2n) is 3.42. The van der Waals surface area contributed by atoms with Crippen molar-refractivity contribution in [3.8, 4) is 5.88 Å². The van der Waals surface area contributed by atoms with Crippen LogP contribution in [0.15, 0.2) is 11.2 Å². The van der Waals surface area contributed by atoms with E-state index in [0.717, 1.165) is 0 Å². The Morgan fingerprint density at radius 3 is 2.69 bits per heavy atom. The molecule has 0 atom stereocenters. The molecular formula is C10H14ClN3O2. The maximum Gasteiger partial charge on any atom is 0.242 e. The number of methoxy groups -OCH3 is 1. The molecule has 0 unspecified atom stereocenters. The van der Waals surface area contributed by atoms with Gasteiger partial charge in [0.1, 0.15) is 6.10 Å². The van der Waals surface area contributed by atoms with E-state index in [1.807, 2.05) is 13.8 Å². The van der Waals surface area contributed by atoms with Crippen molar-refractivity contribution in [1.82, 2.24) is 10.2 Å². The second kappa shape index (κ2) is 5.65. The molecule has 0 N–H and O–H groups in total. The molecule has 0 saturated heterocycles. The van der Waals surface area contributed by atoms with Crippen molar-refractivity contribution in [3.63, 3.8) is 0 Å². The SMILES string of the molecule is COc1nnc(Cl)cc1C(C)=NOC(C)C. The highest BCUT2D eigenvalue weighted by Crippen LogP contribution is 2.18. The summed E-state index contributed by atoms with van der Waals surface area (Å²) in [5, 5.41) is 11.7. The van der Waals surface area contributed by atoms with Crippen molar-refractivity contribution in [2.24, 2.45) is 5.16 Å². The molecule has 0 aliphatic rings. The second-order valence-corrected chi connectivity index (χ2v) is 3.81. The van der Waals surface area contributed by atoms with E-state index < -0.39 is 0 Å². The van der Waals surface area contributed by atoms with Gasteiger partial charge in [0.15, 0.2) is 5.15 Å². The molecule has 0 bridgehead atoms. The molecule has 1 aromatic heterocycles. The zero-order valence-electron chi connectivity index (χ0n) is 9.69. The number of hydrogen-bond donors (Lipinski definition) is 0. The lowest BCUT2D eigenvalue weighted by Crippen LogP contribution is -2.05. The number of rotatable bonds is 4. The van der Waals surface area contributed by atoms with E-state index in [9.17, 15) is 0 Å². The van der Waals surface area contributed by atoms with Crippen molar-refractivity contribution in [2.45, 2.75) is 26.9 Å². The summed E-state index contributed by atoms with van der Waals surface area (Å²) in [5.74, 6) is 0.373. The van der Waals surface area contributed by atoms with E-state index >= 15 is 0 Å². The molecule has 88 valence electrons. The molecule has 0 saturated carbocycles. The van der Waals surface area contributed by atoms with E-state index in [1.165, 1.54) is 7.11 Å². The van der Waals surface area contributed by atoms with Gasteiger partial charge in [-0.25, -0.2) is 0 Å². The van der Waals surface area contributed by atoms with Gasteiger partial charge in [0.05, 0.1) is 18.4 Å². The normalized spacial score (nSPS) is 11.8.